The smallest absolute Gasteiger partial charge is 0.259 e. The van der Waals surface area contributed by atoms with Gasteiger partial charge in [0, 0.05) is 19.3 Å². The average Bonchev–Trinajstić information content (AvgIpc) is 3.11. The predicted molar refractivity (Wildman–Crippen MR) is 93.3 cm³/mol. The van der Waals surface area contributed by atoms with Crippen LogP contribution in [-0.2, 0) is 11.3 Å². The quantitative estimate of drug-likeness (QED) is 0.674. The van der Waals surface area contributed by atoms with E-state index in [2.05, 4.69) is 20.4 Å². The molecule has 3 aromatic rings. The lowest BCUT2D eigenvalue weighted by Gasteiger charge is -2.12. The summed E-state index contributed by atoms with van der Waals surface area (Å²) in [6.07, 6.45) is 1.69. The lowest BCUT2D eigenvalue weighted by Crippen LogP contribution is -2.21. The summed E-state index contributed by atoms with van der Waals surface area (Å²) in [7, 11) is 1.67. The van der Waals surface area contributed by atoms with Crippen LogP contribution in [-0.4, -0.2) is 34.9 Å². The van der Waals surface area contributed by atoms with E-state index in [-0.39, 0.29) is 12.6 Å². The minimum Gasteiger partial charge on any atom is -0.485 e. The Hall–Kier alpha value is -2.93. The van der Waals surface area contributed by atoms with Crippen molar-refractivity contribution in [3.63, 3.8) is 0 Å². The van der Waals surface area contributed by atoms with Gasteiger partial charge in [0.1, 0.15) is 11.6 Å². The monoisotopic (exact) mass is 340 g/mol. The van der Waals surface area contributed by atoms with Gasteiger partial charge in [-0.1, -0.05) is 23.4 Å². The zero-order valence-corrected chi connectivity index (χ0v) is 14.2. The Balaban J connectivity index is 1.60. The molecule has 0 spiro atoms. The number of para-hydroxylation sites is 1. The highest BCUT2D eigenvalue weighted by atomic mass is 16.5. The molecule has 1 atom stereocenters. The second-order valence-electron chi connectivity index (χ2n) is 5.55. The standard InChI is InChI=1S/C18H20N4O3/c1-13(11-23-2)20-16-9-8-14(10-19-16)18-21-17(22-25-18)12-24-15-6-4-3-5-7-15/h3-10,13H,11-12H2,1-2H3,(H,19,20). The number of hydrogen-bond donors (Lipinski definition) is 1. The first-order valence-corrected chi connectivity index (χ1v) is 7.97. The third kappa shape index (κ3) is 4.77. The molecule has 1 N–H and O–H groups in total. The van der Waals surface area contributed by atoms with E-state index < -0.39 is 0 Å². The summed E-state index contributed by atoms with van der Waals surface area (Å²) < 4.78 is 16.0. The molecule has 1 aromatic carbocycles. The van der Waals surface area contributed by atoms with Gasteiger partial charge in [-0.05, 0) is 31.2 Å². The molecule has 7 nitrogen and oxygen atoms in total. The maximum atomic E-state index is 5.60. The third-order valence-corrected chi connectivity index (χ3v) is 3.40. The number of nitrogens with one attached hydrogen (secondary N) is 1. The number of anilines is 1. The van der Waals surface area contributed by atoms with Crippen LogP contribution in [0.4, 0.5) is 5.82 Å². The molecule has 0 radical (unpaired) electrons. The van der Waals surface area contributed by atoms with Crippen molar-refractivity contribution >= 4 is 5.82 Å². The van der Waals surface area contributed by atoms with Gasteiger partial charge < -0.3 is 19.3 Å². The van der Waals surface area contributed by atoms with Gasteiger partial charge in [0.25, 0.3) is 5.89 Å². The second-order valence-corrected chi connectivity index (χ2v) is 5.55. The molecular formula is C18H20N4O3. The lowest BCUT2D eigenvalue weighted by molar-refractivity contribution is 0.190. The van der Waals surface area contributed by atoms with Gasteiger partial charge >= 0.3 is 0 Å². The Kier molecular flexibility index (Phi) is 5.58. The highest BCUT2D eigenvalue weighted by molar-refractivity contribution is 5.54. The van der Waals surface area contributed by atoms with Crippen LogP contribution in [0.3, 0.4) is 0 Å². The summed E-state index contributed by atoms with van der Waals surface area (Å²) in [6, 6.07) is 13.4. The highest BCUT2D eigenvalue weighted by Crippen LogP contribution is 2.18. The summed E-state index contributed by atoms with van der Waals surface area (Å²) in [5.74, 6) is 2.42. The molecule has 3 rings (SSSR count). The van der Waals surface area contributed by atoms with Crippen molar-refractivity contribution in [2.24, 2.45) is 0 Å². The molecule has 0 amide bonds. The number of benzene rings is 1. The SMILES string of the molecule is COCC(C)Nc1ccc(-c2nc(COc3ccccc3)no2)cn1. The zero-order valence-electron chi connectivity index (χ0n) is 14.2. The van der Waals surface area contributed by atoms with E-state index in [4.69, 9.17) is 14.0 Å². The van der Waals surface area contributed by atoms with Gasteiger partial charge in [-0.2, -0.15) is 4.98 Å². The Morgan fingerprint density at radius 1 is 1.16 bits per heavy atom. The van der Waals surface area contributed by atoms with Crippen molar-refractivity contribution in [2.45, 2.75) is 19.6 Å². The van der Waals surface area contributed by atoms with Crippen LogP contribution in [0.5, 0.6) is 5.75 Å². The number of pyridine rings is 1. The fraction of sp³-hybridized carbons (Fsp3) is 0.278. The molecule has 0 fully saturated rings. The van der Waals surface area contributed by atoms with Crippen molar-refractivity contribution in [1.82, 2.24) is 15.1 Å². The van der Waals surface area contributed by atoms with Gasteiger partial charge in [-0.15, -0.1) is 0 Å². The molecule has 0 saturated carbocycles. The van der Waals surface area contributed by atoms with E-state index >= 15 is 0 Å². The number of methoxy groups -OCH3 is 1. The first-order chi connectivity index (χ1) is 12.2. The molecule has 7 heteroatoms. The van der Waals surface area contributed by atoms with Crippen LogP contribution in [0.2, 0.25) is 0 Å². The third-order valence-electron chi connectivity index (χ3n) is 3.40. The minimum absolute atomic E-state index is 0.175. The van der Waals surface area contributed by atoms with Crippen molar-refractivity contribution in [1.29, 1.82) is 0 Å². The summed E-state index contributed by atoms with van der Waals surface area (Å²) in [5, 5.41) is 7.17. The maximum Gasteiger partial charge on any atom is 0.259 e. The molecule has 0 aliphatic heterocycles. The van der Waals surface area contributed by atoms with Crippen molar-refractivity contribution in [2.75, 3.05) is 19.0 Å². The van der Waals surface area contributed by atoms with E-state index in [1.165, 1.54) is 0 Å². The minimum atomic E-state index is 0.175. The Labute approximate surface area is 146 Å². The maximum absolute atomic E-state index is 5.60. The molecule has 1 unspecified atom stereocenters. The first kappa shape index (κ1) is 16.9. The number of nitrogens with zero attached hydrogens (tertiary/aromatic N) is 3. The van der Waals surface area contributed by atoms with E-state index in [1.54, 1.807) is 13.3 Å². The van der Waals surface area contributed by atoms with Crippen molar-refractivity contribution in [3.8, 4) is 17.2 Å². The number of hydrogen-bond acceptors (Lipinski definition) is 7. The fourth-order valence-corrected chi connectivity index (χ4v) is 2.24. The Morgan fingerprint density at radius 3 is 2.72 bits per heavy atom. The molecule has 0 aliphatic rings. The summed E-state index contributed by atoms with van der Waals surface area (Å²) in [5.41, 5.74) is 0.753. The van der Waals surface area contributed by atoms with Crippen LogP contribution < -0.4 is 10.1 Å². The molecule has 2 heterocycles. The van der Waals surface area contributed by atoms with Crippen LogP contribution in [0.15, 0.2) is 53.2 Å². The summed E-state index contributed by atoms with van der Waals surface area (Å²) in [4.78, 5) is 8.69. The van der Waals surface area contributed by atoms with Gasteiger partial charge in [-0.25, -0.2) is 4.98 Å². The fourth-order valence-electron chi connectivity index (χ4n) is 2.24. The van der Waals surface area contributed by atoms with Crippen molar-refractivity contribution < 1.29 is 14.0 Å². The van der Waals surface area contributed by atoms with Gasteiger partial charge in [0.15, 0.2) is 6.61 Å². The van der Waals surface area contributed by atoms with Gasteiger partial charge in [0.05, 0.1) is 12.2 Å². The molecule has 0 bridgehead atoms. The second kappa shape index (κ2) is 8.25. The van der Waals surface area contributed by atoms with E-state index in [1.807, 2.05) is 49.4 Å². The average molecular weight is 340 g/mol. The molecular weight excluding hydrogens is 320 g/mol. The summed E-state index contributed by atoms with van der Waals surface area (Å²) in [6.45, 7) is 2.88. The normalized spacial score (nSPS) is 11.9. The van der Waals surface area contributed by atoms with Gasteiger partial charge in [-0.3, -0.25) is 0 Å². The van der Waals surface area contributed by atoms with Crippen LogP contribution >= 0.6 is 0 Å². The van der Waals surface area contributed by atoms with E-state index in [9.17, 15) is 0 Å². The van der Waals surface area contributed by atoms with E-state index in [0.29, 0.717) is 18.3 Å². The largest absolute Gasteiger partial charge is 0.485 e. The molecule has 25 heavy (non-hydrogen) atoms. The Bertz CT molecular complexity index is 775. The predicted octanol–water partition coefficient (Wildman–Crippen LogP) is 3.16. The first-order valence-electron chi connectivity index (χ1n) is 7.97. The highest BCUT2D eigenvalue weighted by Gasteiger charge is 2.10. The lowest BCUT2D eigenvalue weighted by atomic mass is 10.2. The van der Waals surface area contributed by atoms with Crippen molar-refractivity contribution in [3.05, 3.63) is 54.5 Å². The molecule has 0 aliphatic carbocycles. The van der Waals surface area contributed by atoms with Crippen LogP contribution in [0.1, 0.15) is 12.7 Å². The van der Waals surface area contributed by atoms with Crippen LogP contribution in [0, 0.1) is 0 Å². The van der Waals surface area contributed by atoms with Gasteiger partial charge in [0.2, 0.25) is 5.82 Å². The number of aromatic nitrogens is 3. The topological polar surface area (TPSA) is 82.3 Å². The number of rotatable bonds is 8. The summed E-state index contributed by atoms with van der Waals surface area (Å²) >= 11 is 0. The Morgan fingerprint density at radius 2 is 2.00 bits per heavy atom. The van der Waals surface area contributed by atoms with Crippen LogP contribution in [0.25, 0.3) is 11.5 Å². The molecule has 0 saturated heterocycles. The number of ether oxygens (including phenoxy) is 2. The molecule has 130 valence electrons. The van der Waals surface area contributed by atoms with E-state index in [0.717, 1.165) is 17.1 Å². The molecule has 2 aromatic heterocycles. The zero-order chi connectivity index (χ0) is 17.5.